The lowest BCUT2D eigenvalue weighted by Crippen LogP contribution is -2.26. The van der Waals surface area contributed by atoms with Gasteiger partial charge in [-0.2, -0.15) is 0 Å². The van der Waals surface area contributed by atoms with Crippen LogP contribution < -0.4 is 0 Å². The summed E-state index contributed by atoms with van der Waals surface area (Å²) >= 11 is 0. The fraction of sp³-hybridized carbons (Fsp3) is 0.615. The second kappa shape index (κ2) is 6.45. The lowest BCUT2D eigenvalue weighted by Gasteiger charge is -2.18. The van der Waals surface area contributed by atoms with Gasteiger partial charge in [0.25, 0.3) is 0 Å². The average Bonchev–Trinajstić information content (AvgIpc) is 2.87. The Kier molecular flexibility index (Phi) is 5.22. The summed E-state index contributed by atoms with van der Waals surface area (Å²) in [6.45, 7) is 7.20. The third kappa shape index (κ3) is 4.61. The number of hydrogen-bond donors (Lipinski definition) is 1. The number of likely N-dealkylation sites (tertiary alicyclic amines) is 1. The van der Waals surface area contributed by atoms with E-state index in [2.05, 4.69) is 18.7 Å². The molecule has 0 unspecified atom stereocenters. The molecule has 1 N–H and O–H groups in total. The highest BCUT2D eigenvalue weighted by Crippen LogP contribution is 2.09. The molecule has 1 fully saturated rings. The van der Waals surface area contributed by atoms with Gasteiger partial charge in [-0.15, -0.1) is 0 Å². The molecule has 96 valence electrons. The zero-order chi connectivity index (χ0) is 12.8. The summed E-state index contributed by atoms with van der Waals surface area (Å²) in [6, 6.07) is 2.33. The standard InChI is InChI=1S/C7H15N.C6H7NO2/c1-7(2)8-5-3-4-6-8;1-7-3-2-5(4-7)6(8)9/h7H,3-6H2,1-2H3;2-4H,1H3,(H,8,9). The molecule has 0 amide bonds. The van der Waals surface area contributed by atoms with Crippen molar-refractivity contribution in [3.05, 3.63) is 24.0 Å². The summed E-state index contributed by atoms with van der Waals surface area (Å²) < 4.78 is 1.70. The maximum Gasteiger partial charge on any atom is 0.337 e. The van der Waals surface area contributed by atoms with Gasteiger partial charge in [-0.05, 0) is 45.8 Å². The van der Waals surface area contributed by atoms with Gasteiger partial charge in [-0.1, -0.05) is 0 Å². The van der Waals surface area contributed by atoms with E-state index in [1.807, 2.05) is 0 Å². The van der Waals surface area contributed by atoms with Crippen LogP contribution in [0.25, 0.3) is 0 Å². The molecule has 1 aliphatic rings. The lowest BCUT2D eigenvalue weighted by molar-refractivity contribution is 0.0697. The second-order valence-electron chi connectivity index (χ2n) is 4.71. The van der Waals surface area contributed by atoms with E-state index in [4.69, 9.17) is 5.11 Å². The number of aromatic carboxylic acids is 1. The van der Waals surface area contributed by atoms with E-state index in [0.29, 0.717) is 5.56 Å². The van der Waals surface area contributed by atoms with Crippen LogP contribution >= 0.6 is 0 Å². The summed E-state index contributed by atoms with van der Waals surface area (Å²) in [4.78, 5) is 12.7. The summed E-state index contributed by atoms with van der Waals surface area (Å²) in [5.41, 5.74) is 0.331. The molecule has 1 aliphatic heterocycles. The summed E-state index contributed by atoms with van der Waals surface area (Å²) in [5.74, 6) is -0.879. The normalized spacial score (nSPS) is 15.8. The molecule has 1 aromatic rings. The summed E-state index contributed by atoms with van der Waals surface area (Å²) in [6.07, 6.45) is 6.09. The zero-order valence-corrected chi connectivity index (χ0v) is 10.9. The Balaban J connectivity index is 0.000000171. The van der Waals surface area contributed by atoms with E-state index in [-0.39, 0.29) is 0 Å². The Morgan fingerprint density at radius 2 is 1.94 bits per heavy atom. The first-order valence-electron chi connectivity index (χ1n) is 6.10. The van der Waals surface area contributed by atoms with Crippen LogP contribution in [0.1, 0.15) is 37.0 Å². The van der Waals surface area contributed by atoms with Crippen LogP contribution in [-0.4, -0.2) is 39.7 Å². The largest absolute Gasteiger partial charge is 0.478 e. The first kappa shape index (κ1) is 13.8. The highest BCUT2D eigenvalue weighted by atomic mass is 16.4. The molecule has 1 saturated heterocycles. The van der Waals surface area contributed by atoms with Crippen molar-refractivity contribution < 1.29 is 9.90 Å². The molecular formula is C13H22N2O2. The number of carbonyl (C=O) groups is 1. The van der Waals surface area contributed by atoms with Crippen LogP contribution in [0, 0.1) is 0 Å². The van der Waals surface area contributed by atoms with E-state index in [1.54, 1.807) is 30.1 Å². The van der Waals surface area contributed by atoms with E-state index < -0.39 is 5.97 Å². The van der Waals surface area contributed by atoms with Gasteiger partial charge in [-0.25, -0.2) is 4.79 Å². The average molecular weight is 238 g/mol. The minimum atomic E-state index is -0.879. The molecule has 0 aromatic carbocycles. The van der Waals surface area contributed by atoms with Crippen LogP contribution in [0.15, 0.2) is 18.5 Å². The molecule has 2 heterocycles. The quantitative estimate of drug-likeness (QED) is 0.859. The monoisotopic (exact) mass is 238 g/mol. The summed E-state index contributed by atoms with van der Waals surface area (Å²) in [7, 11) is 1.78. The van der Waals surface area contributed by atoms with Gasteiger partial charge in [-0.3, -0.25) is 0 Å². The molecule has 0 bridgehead atoms. The Hall–Kier alpha value is -1.29. The van der Waals surface area contributed by atoms with Crippen LogP contribution in [0.4, 0.5) is 0 Å². The van der Waals surface area contributed by atoms with Crippen molar-refractivity contribution in [3.63, 3.8) is 0 Å². The molecule has 0 spiro atoms. The minimum absolute atomic E-state index is 0.331. The van der Waals surface area contributed by atoms with Crippen molar-refractivity contribution in [3.8, 4) is 0 Å². The molecule has 0 aliphatic carbocycles. The Bertz CT molecular complexity index is 352. The number of hydrogen-bond acceptors (Lipinski definition) is 2. The Labute approximate surface area is 103 Å². The van der Waals surface area contributed by atoms with Crippen molar-refractivity contribution in [1.82, 2.24) is 9.47 Å². The first-order valence-corrected chi connectivity index (χ1v) is 6.10. The van der Waals surface area contributed by atoms with Gasteiger partial charge in [0.1, 0.15) is 0 Å². The van der Waals surface area contributed by atoms with Gasteiger partial charge in [0.05, 0.1) is 5.56 Å². The fourth-order valence-corrected chi connectivity index (χ4v) is 1.89. The highest BCUT2D eigenvalue weighted by Gasteiger charge is 2.13. The van der Waals surface area contributed by atoms with Gasteiger partial charge in [0, 0.05) is 25.5 Å². The van der Waals surface area contributed by atoms with E-state index in [1.165, 1.54) is 25.9 Å². The van der Waals surface area contributed by atoms with E-state index >= 15 is 0 Å². The molecule has 2 rings (SSSR count). The highest BCUT2D eigenvalue weighted by molar-refractivity contribution is 5.87. The van der Waals surface area contributed by atoms with Crippen LogP contribution in [-0.2, 0) is 7.05 Å². The summed E-state index contributed by atoms with van der Waals surface area (Å²) in [5, 5.41) is 8.38. The molecule has 1 aromatic heterocycles. The maximum absolute atomic E-state index is 10.2. The third-order valence-electron chi connectivity index (χ3n) is 2.95. The second-order valence-corrected chi connectivity index (χ2v) is 4.71. The van der Waals surface area contributed by atoms with Gasteiger partial charge >= 0.3 is 5.97 Å². The molecule has 0 atom stereocenters. The van der Waals surface area contributed by atoms with Crippen molar-refractivity contribution in [1.29, 1.82) is 0 Å². The smallest absolute Gasteiger partial charge is 0.337 e. The number of aromatic nitrogens is 1. The van der Waals surface area contributed by atoms with E-state index in [9.17, 15) is 4.79 Å². The first-order chi connectivity index (χ1) is 8.00. The molecule has 4 nitrogen and oxygen atoms in total. The van der Waals surface area contributed by atoms with Crippen molar-refractivity contribution in [2.24, 2.45) is 7.05 Å². The third-order valence-corrected chi connectivity index (χ3v) is 2.95. The Morgan fingerprint density at radius 3 is 2.18 bits per heavy atom. The SMILES string of the molecule is CC(C)N1CCCC1.Cn1ccc(C(=O)O)c1. The van der Waals surface area contributed by atoms with Crippen LogP contribution in [0.2, 0.25) is 0 Å². The molecule has 17 heavy (non-hydrogen) atoms. The Morgan fingerprint density at radius 1 is 1.35 bits per heavy atom. The predicted molar refractivity (Wildman–Crippen MR) is 68.3 cm³/mol. The van der Waals surface area contributed by atoms with Gasteiger partial charge in [0.15, 0.2) is 0 Å². The zero-order valence-electron chi connectivity index (χ0n) is 10.9. The molecule has 4 heteroatoms. The lowest BCUT2D eigenvalue weighted by atomic mass is 10.3. The van der Waals surface area contributed by atoms with Gasteiger partial charge in [0.2, 0.25) is 0 Å². The van der Waals surface area contributed by atoms with Crippen molar-refractivity contribution in [2.45, 2.75) is 32.7 Å². The number of carboxylic acids is 1. The van der Waals surface area contributed by atoms with Crippen LogP contribution in [0.5, 0.6) is 0 Å². The minimum Gasteiger partial charge on any atom is -0.478 e. The van der Waals surface area contributed by atoms with E-state index in [0.717, 1.165) is 6.04 Å². The number of nitrogens with zero attached hydrogens (tertiary/aromatic N) is 2. The molecule has 0 saturated carbocycles. The topological polar surface area (TPSA) is 45.5 Å². The van der Waals surface area contributed by atoms with Crippen molar-refractivity contribution in [2.75, 3.05) is 13.1 Å². The number of aryl methyl sites for hydroxylation is 1. The molecule has 0 radical (unpaired) electrons. The fourth-order valence-electron chi connectivity index (χ4n) is 1.89. The van der Waals surface area contributed by atoms with Crippen LogP contribution in [0.3, 0.4) is 0 Å². The number of rotatable bonds is 2. The predicted octanol–water partition coefficient (Wildman–Crippen LogP) is 2.21. The molecular weight excluding hydrogens is 216 g/mol. The van der Waals surface area contributed by atoms with Crippen molar-refractivity contribution >= 4 is 5.97 Å². The van der Waals surface area contributed by atoms with Gasteiger partial charge < -0.3 is 14.6 Å². The maximum atomic E-state index is 10.2. The number of carboxylic acid groups (broad SMARTS) is 1.